The van der Waals surface area contributed by atoms with E-state index in [0.717, 1.165) is 35.1 Å². The molecule has 3 atom stereocenters. The number of ether oxygens (including phenoxy) is 1. The number of amides is 1. The number of alkyl carbamates (subject to hydrolysis) is 1. The van der Waals surface area contributed by atoms with Crippen molar-refractivity contribution in [2.75, 3.05) is 6.61 Å². The fourth-order valence-corrected chi connectivity index (χ4v) is 5.53. The fourth-order valence-electron chi connectivity index (χ4n) is 5.53. The number of nitrogens with one attached hydrogen (secondary N) is 1. The van der Waals surface area contributed by atoms with Crippen molar-refractivity contribution in [3.05, 3.63) is 59.7 Å². The van der Waals surface area contributed by atoms with E-state index in [9.17, 15) is 14.7 Å². The number of carbonyl (C=O) groups excluding carboxylic acids is 1. The second-order valence-electron chi connectivity index (χ2n) is 9.82. The number of hydrogen-bond acceptors (Lipinski definition) is 3. The van der Waals surface area contributed by atoms with Crippen molar-refractivity contribution in [1.82, 2.24) is 5.32 Å². The lowest BCUT2D eigenvalue weighted by Gasteiger charge is -2.44. The molecule has 1 fully saturated rings. The number of hydrogen-bond donors (Lipinski definition) is 2. The van der Waals surface area contributed by atoms with Crippen LogP contribution in [-0.4, -0.2) is 29.8 Å². The molecule has 5 heteroatoms. The first-order valence-corrected chi connectivity index (χ1v) is 11.0. The van der Waals surface area contributed by atoms with Crippen LogP contribution in [0.25, 0.3) is 11.1 Å². The molecule has 2 aliphatic rings. The quantitative estimate of drug-likeness (QED) is 0.674. The van der Waals surface area contributed by atoms with E-state index >= 15 is 0 Å². The normalized spacial score (nSPS) is 24.8. The van der Waals surface area contributed by atoms with Gasteiger partial charge in [0.1, 0.15) is 12.6 Å². The van der Waals surface area contributed by atoms with Crippen molar-refractivity contribution in [3.8, 4) is 11.1 Å². The highest BCUT2D eigenvalue weighted by atomic mass is 16.5. The molecule has 0 saturated heterocycles. The van der Waals surface area contributed by atoms with Crippen molar-refractivity contribution >= 4 is 12.1 Å². The number of fused-ring (bicyclic) bond motifs is 3. The Morgan fingerprint density at radius 3 is 2.10 bits per heavy atom. The first-order chi connectivity index (χ1) is 14.7. The van der Waals surface area contributed by atoms with Crippen molar-refractivity contribution in [2.24, 2.45) is 16.7 Å². The molecule has 2 N–H and O–H groups in total. The fraction of sp³-hybridized carbons (Fsp3) is 0.462. The first-order valence-electron chi connectivity index (χ1n) is 11.0. The van der Waals surface area contributed by atoms with Crippen LogP contribution >= 0.6 is 0 Å². The molecule has 1 amide bonds. The largest absolute Gasteiger partial charge is 0.480 e. The van der Waals surface area contributed by atoms with Crippen LogP contribution in [0.1, 0.15) is 57.6 Å². The molecular formula is C26H31NO4. The summed E-state index contributed by atoms with van der Waals surface area (Å²) in [6.45, 7) is 8.49. The van der Waals surface area contributed by atoms with Crippen molar-refractivity contribution < 1.29 is 19.4 Å². The van der Waals surface area contributed by atoms with Crippen LogP contribution in [0.3, 0.4) is 0 Å². The SMILES string of the molecule is C[C@H]1CC[C@@](C)([C@H](NC(=O)OCC2c3ccccc3-c3ccccc32)C(=O)O)C1(C)C. The monoisotopic (exact) mass is 421 g/mol. The van der Waals surface area contributed by atoms with Crippen LogP contribution < -0.4 is 5.32 Å². The van der Waals surface area contributed by atoms with E-state index in [0.29, 0.717) is 5.92 Å². The van der Waals surface area contributed by atoms with Gasteiger partial charge in [0.15, 0.2) is 0 Å². The van der Waals surface area contributed by atoms with E-state index < -0.39 is 23.5 Å². The molecule has 2 aromatic carbocycles. The number of rotatable bonds is 5. The second-order valence-corrected chi connectivity index (χ2v) is 9.82. The Balaban J connectivity index is 1.50. The van der Waals surface area contributed by atoms with E-state index in [1.54, 1.807) is 0 Å². The van der Waals surface area contributed by atoms with Gasteiger partial charge in [0.05, 0.1) is 0 Å². The Hall–Kier alpha value is -2.82. The van der Waals surface area contributed by atoms with Crippen molar-refractivity contribution in [2.45, 2.75) is 52.5 Å². The van der Waals surface area contributed by atoms with Gasteiger partial charge in [-0.15, -0.1) is 0 Å². The molecule has 0 unspecified atom stereocenters. The summed E-state index contributed by atoms with van der Waals surface area (Å²) < 4.78 is 5.61. The van der Waals surface area contributed by atoms with Crippen LogP contribution in [0, 0.1) is 16.7 Å². The van der Waals surface area contributed by atoms with E-state index in [4.69, 9.17) is 4.74 Å². The molecule has 0 aromatic heterocycles. The standard InChI is InChI=1S/C26H31NO4/c1-16-13-14-26(4,25(16,2)3)22(23(28)29)27-24(30)31-15-21-19-11-7-5-9-17(19)18-10-6-8-12-20(18)21/h5-12,16,21-22H,13-15H2,1-4H3,(H,27,30)(H,28,29)/t16-,22+,26-/m0/s1. The molecule has 4 rings (SSSR count). The predicted octanol–water partition coefficient (Wildman–Crippen LogP) is 5.44. The highest BCUT2D eigenvalue weighted by Crippen LogP contribution is 2.57. The van der Waals surface area contributed by atoms with Gasteiger partial charge in [0, 0.05) is 11.3 Å². The average Bonchev–Trinajstić information content (AvgIpc) is 3.17. The Bertz CT molecular complexity index is 968. The lowest BCUT2D eigenvalue weighted by molar-refractivity contribution is -0.145. The van der Waals surface area contributed by atoms with E-state index in [1.807, 2.05) is 31.2 Å². The minimum Gasteiger partial charge on any atom is -0.480 e. The summed E-state index contributed by atoms with van der Waals surface area (Å²) in [4.78, 5) is 24.9. The molecular weight excluding hydrogens is 390 g/mol. The third-order valence-corrected chi connectivity index (χ3v) is 8.29. The summed E-state index contributed by atoms with van der Waals surface area (Å²) in [5.41, 5.74) is 3.80. The molecule has 0 radical (unpaired) electrons. The summed E-state index contributed by atoms with van der Waals surface area (Å²) in [6, 6.07) is 15.3. The van der Waals surface area contributed by atoms with Gasteiger partial charge < -0.3 is 15.2 Å². The van der Waals surface area contributed by atoms with Gasteiger partial charge in [-0.05, 0) is 46.4 Å². The van der Waals surface area contributed by atoms with Crippen LogP contribution in [-0.2, 0) is 9.53 Å². The molecule has 2 aliphatic carbocycles. The Morgan fingerprint density at radius 2 is 1.61 bits per heavy atom. The minimum atomic E-state index is -1.02. The average molecular weight is 422 g/mol. The van der Waals surface area contributed by atoms with Crippen molar-refractivity contribution in [3.63, 3.8) is 0 Å². The Morgan fingerprint density at radius 1 is 1.06 bits per heavy atom. The zero-order chi connectivity index (χ0) is 22.4. The third-order valence-electron chi connectivity index (χ3n) is 8.29. The number of benzene rings is 2. The number of carboxylic acid groups (broad SMARTS) is 1. The lowest BCUT2D eigenvalue weighted by atomic mass is 9.62. The Labute approximate surface area is 183 Å². The summed E-state index contributed by atoms with van der Waals surface area (Å²) in [5.74, 6) is -0.693. The van der Waals surface area contributed by atoms with Gasteiger partial charge in [-0.2, -0.15) is 0 Å². The van der Waals surface area contributed by atoms with E-state index in [1.165, 1.54) is 0 Å². The maximum Gasteiger partial charge on any atom is 0.407 e. The predicted molar refractivity (Wildman–Crippen MR) is 120 cm³/mol. The summed E-state index contributed by atoms with van der Waals surface area (Å²) in [5, 5.41) is 12.6. The van der Waals surface area contributed by atoms with Gasteiger partial charge in [-0.25, -0.2) is 9.59 Å². The molecule has 5 nitrogen and oxygen atoms in total. The second kappa shape index (κ2) is 7.70. The zero-order valence-corrected chi connectivity index (χ0v) is 18.6. The first kappa shape index (κ1) is 21.4. The highest BCUT2D eigenvalue weighted by Gasteiger charge is 2.56. The molecule has 2 aromatic rings. The summed E-state index contributed by atoms with van der Waals surface area (Å²) in [7, 11) is 0. The molecule has 164 valence electrons. The van der Waals surface area contributed by atoms with Crippen LogP contribution in [0.2, 0.25) is 0 Å². The molecule has 0 aliphatic heterocycles. The number of aliphatic carboxylic acids is 1. The van der Waals surface area contributed by atoms with Crippen molar-refractivity contribution in [1.29, 1.82) is 0 Å². The van der Waals surface area contributed by atoms with E-state index in [2.05, 4.69) is 50.4 Å². The smallest absolute Gasteiger partial charge is 0.407 e. The van der Waals surface area contributed by atoms with Gasteiger partial charge in [-0.1, -0.05) is 76.2 Å². The maximum atomic E-state index is 12.7. The summed E-state index contributed by atoms with van der Waals surface area (Å²) >= 11 is 0. The Kier molecular flexibility index (Phi) is 5.32. The number of carboxylic acids is 1. The van der Waals surface area contributed by atoms with Gasteiger partial charge >= 0.3 is 12.1 Å². The molecule has 0 heterocycles. The van der Waals surface area contributed by atoms with Gasteiger partial charge in [0.2, 0.25) is 0 Å². The van der Waals surface area contributed by atoms with Crippen LogP contribution in [0.5, 0.6) is 0 Å². The third kappa shape index (κ3) is 3.40. The lowest BCUT2D eigenvalue weighted by Crippen LogP contribution is -2.56. The maximum absolute atomic E-state index is 12.7. The highest BCUT2D eigenvalue weighted by molar-refractivity contribution is 5.82. The number of carbonyl (C=O) groups is 2. The minimum absolute atomic E-state index is 0.0556. The molecule has 0 bridgehead atoms. The summed E-state index contributed by atoms with van der Waals surface area (Å²) in [6.07, 6.45) is 1.02. The molecule has 0 spiro atoms. The molecule has 31 heavy (non-hydrogen) atoms. The topological polar surface area (TPSA) is 75.6 Å². The van der Waals surface area contributed by atoms with Crippen LogP contribution in [0.15, 0.2) is 48.5 Å². The zero-order valence-electron chi connectivity index (χ0n) is 18.6. The van der Waals surface area contributed by atoms with Crippen LogP contribution in [0.4, 0.5) is 4.79 Å². The van der Waals surface area contributed by atoms with Gasteiger partial charge in [-0.3, -0.25) is 0 Å². The van der Waals surface area contributed by atoms with E-state index in [-0.39, 0.29) is 17.9 Å². The molecule has 1 saturated carbocycles. The van der Waals surface area contributed by atoms with Gasteiger partial charge in [0.25, 0.3) is 0 Å².